The molecule has 7 heteroatoms. The van der Waals surface area contributed by atoms with E-state index in [1.54, 1.807) is 12.1 Å². The van der Waals surface area contributed by atoms with Crippen LogP contribution in [0.5, 0.6) is 0 Å². The molecule has 1 aromatic carbocycles. The molecule has 2 aromatic rings. The van der Waals surface area contributed by atoms with Crippen LogP contribution >= 0.6 is 46.6 Å². The average Bonchev–Trinajstić information content (AvgIpc) is 2.74. The molecule has 0 fully saturated rings. The fourth-order valence-corrected chi connectivity index (χ4v) is 2.86. The number of rotatable bonds is 3. The third kappa shape index (κ3) is 2.95. The van der Waals surface area contributed by atoms with Gasteiger partial charge >= 0.3 is 5.97 Å². The van der Waals surface area contributed by atoms with Gasteiger partial charge < -0.3 is 10.1 Å². The summed E-state index contributed by atoms with van der Waals surface area (Å²) in [6.07, 6.45) is 1.41. The Bertz CT molecular complexity index is 612. The van der Waals surface area contributed by atoms with Gasteiger partial charge in [-0.2, -0.15) is 0 Å². The van der Waals surface area contributed by atoms with Crippen LogP contribution in [-0.4, -0.2) is 16.1 Å². The maximum absolute atomic E-state index is 10.7. The van der Waals surface area contributed by atoms with E-state index in [4.69, 9.17) is 39.9 Å². The Morgan fingerprint density at radius 1 is 1.11 bits per heavy atom. The van der Waals surface area contributed by atoms with E-state index in [0.717, 1.165) is 0 Å². The largest absolute Gasteiger partial charge is 0.478 e. The van der Waals surface area contributed by atoms with E-state index in [1.807, 2.05) is 0 Å². The lowest BCUT2D eigenvalue weighted by Gasteiger charge is -2.04. The van der Waals surface area contributed by atoms with Gasteiger partial charge in [0.05, 0.1) is 25.7 Å². The molecule has 0 amide bonds. The van der Waals surface area contributed by atoms with Crippen LogP contribution < -0.4 is 0 Å². The summed E-state index contributed by atoms with van der Waals surface area (Å²) in [6, 6.07) is 4.71. The van der Waals surface area contributed by atoms with Gasteiger partial charge in [-0.15, -0.1) is 0 Å². The first-order valence-electron chi connectivity index (χ1n) is 4.71. The number of carboxylic acid groups (broad SMARTS) is 1. The van der Waals surface area contributed by atoms with Crippen LogP contribution in [-0.2, 0) is 0 Å². The second-order valence-electron chi connectivity index (χ2n) is 3.36. The van der Waals surface area contributed by atoms with Gasteiger partial charge in [-0.05, 0) is 18.2 Å². The smallest absolute Gasteiger partial charge is 0.337 e. The lowest BCUT2D eigenvalue weighted by atomic mass is 10.3. The Labute approximate surface area is 122 Å². The highest BCUT2D eigenvalue weighted by Crippen LogP contribution is 2.37. The van der Waals surface area contributed by atoms with Crippen molar-refractivity contribution in [1.29, 1.82) is 0 Å². The number of aromatic nitrogens is 1. The molecule has 0 aliphatic rings. The van der Waals surface area contributed by atoms with E-state index in [-0.39, 0.29) is 5.56 Å². The molecule has 0 aliphatic carbocycles. The maximum Gasteiger partial charge on any atom is 0.337 e. The molecule has 0 unspecified atom stereocenters. The Morgan fingerprint density at radius 3 is 2.39 bits per heavy atom. The number of hydrogen-bond acceptors (Lipinski definition) is 2. The van der Waals surface area contributed by atoms with Crippen molar-refractivity contribution in [3.8, 4) is 0 Å². The number of hydrogen-bond donors (Lipinski definition) is 2. The lowest BCUT2D eigenvalue weighted by Crippen LogP contribution is -1.91. The Morgan fingerprint density at radius 2 is 1.78 bits per heavy atom. The maximum atomic E-state index is 10.7. The van der Waals surface area contributed by atoms with Crippen LogP contribution in [0.3, 0.4) is 0 Å². The first kappa shape index (κ1) is 13.6. The number of carbonyl (C=O) groups is 1. The molecule has 2 rings (SSSR count). The summed E-state index contributed by atoms with van der Waals surface area (Å²) in [5, 5.41) is 10.7. The van der Waals surface area contributed by atoms with Gasteiger partial charge in [0.1, 0.15) is 0 Å². The number of benzene rings is 1. The summed E-state index contributed by atoms with van der Waals surface area (Å²) in [5.74, 6) is -0.988. The minimum atomic E-state index is -0.988. The van der Waals surface area contributed by atoms with Gasteiger partial charge in [0.2, 0.25) is 0 Å². The van der Waals surface area contributed by atoms with Crippen molar-refractivity contribution in [2.75, 3.05) is 0 Å². The number of aromatic amines is 1. The summed E-state index contributed by atoms with van der Waals surface area (Å²) < 4.78 is 0. The van der Waals surface area contributed by atoms with Crippen LogP contribution in [0.1, 0.15) is 10.4 Å². The van der Waals surface area contributed by atoms with Crippen molar-refractivity contribution < 1.29 is 9.90 Å². The van der Waals surface area contributed by atoms with Crippen LogP contribution in [0.4, 0.5) is 0 Å². The van der Waals surface area contributed by atoms with Crippen LogP contribution in [0.25, 0.3) is 0 Å². The first-order valence-corrected chi connectivity index (χ1v) is 6.66. The quantitative estimate of drug-likeness (QED) is 0.796. The van der Waals surface area contributed by atoms with Gasteiger partial charge in [-0.3, -0.25) is 0 Å². The highest BCUT2D eigenvalue weighted by atomic mass is 35.5. The summed E-state index contributed by atoms with van der Waals surface area (Å²) in [5.41, 5.74) is 0.189. The minimum Gasteiger partial charge on any atom is -0.478 e. The molecule has 0 aliphatic heterocycles. The van der Waals surface area contributed by atoms with Gasteiger partial charge in [0.15, 0.2) is 0 Å². The molecule has 0 saturated carbocycles. The molecule has 1 heterocycles. The lowest BCUT2D eigenvalue weighted by molar-refractivity contribution is 0.0697. The van der Waals surface area contributed by atoms with Crippen molar-refractivity contribution in [3.05, 3.63) is 45.0 Å². The number of carboxylic acids is 1. The molecule has 0 saturated heterocycles. The highest BCUT2D eigenvalue weighted by molar-refractivity contribution is 7.99. The average molecular weight is 323 g/mol. The highest BCUT2D eigenvalue weighted by Gasteiger charge is 2.11. The standard InChI is InChI=1S/C11H6Cl3NO2S/c12-6-2-8(14)9(3-7(6)13)18-10-1-5(4-15-10)11(16)17/h1-4,15H,(H,16,17). The minimum absolute atomic E-state index is 0.189. The fraction of sp³-hybridized carbons (Fsp3) is 0. The van der Waals surface area contributed by atoms with Crippen molar-refractivity contribution in [3.63, 3.8) is 0 Å². The summed E-state index contributed by atoms with van der Waals surface area (Å²) in [7, 11) is 0. The molecule has 2 N–H and O–H groups in total. The Kier molecular flexibility index (Phi) is 4.12. The Hall–Kier alpha value is -0.810. The molecular weight excluding hydrogens is 317 g/mol. The molecule has 0 radical (unpaired) electrons. The summed E-state index contributed by atoms with van der Waals surface area (Å²) in [4.78, 5) is 14.3. The molecule has 3 nitrogen and oxygen atoms in total. The first-order chi connectivity index (χ1) is 8.47. The molecule has 0 spiro atoms. The SMILES string of the molecule is O=C(O)c1c[nH]c(Sc2cc(Cl)c(Cl)cc2Cl)c1. The number of aromatic carboxylic acids is 1. The monoisotopic (exact) mass is 321 g/mol. The summed E-state index contributed by atoms with van der Waals surface area (Å²) in [6.45, 7) is 0. The number of H-pyrrole nitrogens is 1. The van der Waals surface area contributed by atoms with Gasteiger partial charge in [0.25, 0.3) is 0 Å². The van der Waals surface area contributed by atoms with Crippen LogP contribution in [0, 0.1) is 0 Å². The van der Waals surface area contributed by atoms with E-state index >= 15 is 0 Å². The third-order valence-corrected chi connectivity index (χ3v) is 4.26. The molecule has 18 heavy (non-hydrogen) atoms. The van der Waals surface area contributed by atoms with E-state index < -0.39 is 5.97 Å². The zero-order valence-corrected chi connectivity index (χ0v) is 11.8. The fourth-order valence-electron chi connectivity index (χ4n) is 1.26. The predicted octanol–water partition coefficient (Wildman–Crippen LogP) is 4.82. The third-order valence-electron chi connectivity index (χ3n) is 2.10. The summed E-state index contributed by atoms with van der Waals surface area (Å²) >= 11 is 19.0. The molecular formula is C11H6Cl3NO2S. The number of nitrogens with one attached hydrogen (secondary N) is 1. The number of halogens is 3. The Balaban J connectivity index is 2.28. The van der Waals surface area contributed by atoms with Crippen LogP contribution in [0.2, 0.25) is 15.1 Å². The zero-order valence-electron chi connectivity index (χ0n) is 8.71. The zero-order chi connectivity index (χ0) is 13.3. The van der Waals surface area contributed by atoms with E-state index in [1.165, 1.54) is 24.0 Å². The molecule has 1 aromatic heterocycles. The van der Waals surface area contributed by atoms with Crippen molar-refractivity contribution in [1.82, 2.24) is 4.98 Å². The van der Waals surface area contributed by atoms with Crippen molar-refractivity contribution >= 4 is 52.5 Å². The molecule has 94 valence electrons. The van der Waals surface area contributed by atoms with Gasteiger partial charge in [-0.25, -0.2) is 4.79 Å². The molecule has 0 bridgehead atoms. The van der Waals surface area contributed by atoms with E-state index in [2.05, 4.69) is 4.98 Å². The van der Waals surface area contributed by atoms with Gasteiger partial charge in [0, 0.05) is 11.1 Å². The van der Waals surface area contributed by atoms with E-state index in [9.17, 15) is 4.79 Å². The normalized spacial score (nSPS) is 10.6. The van der Waals surface area contributed by atoms with E-state index in [0.29, 0.717) is 25.0 Å². The van der Waals surface area contributed by atoms with Crippen LogP contribution in [0.15, 0.2) is 34.3 Å². The topological polar surface area (TPSA) is 53.1 Å². The second kappa shape index (κ2) is 5.45. The molecule has 0 atom stereocenters. The second-order valence-corrected chi connectivity index (χ2v) is 5.66. The van der Waals surface area contributed by atoms with Crippen molar-refractivity contribution in [2.24, 2.45) is 0 Å². The predicted molar refractivity (Wildman–Crippen MR) is 73.3 cm³/mol. The van der Waals surface area contributed by atoms with Gasteiger partial charge in [-0.1, -0.05) is 46.6 Å². The van der Waals surface area contributed by atoms with Crippen molar-refractivity contribution in [2.45, 2.75) is 9.92 Å².